The van der Waals surface area contributed by atoms with Crippen LogP contribution in [0.3, 0.4) is 0 Å². The highest BCUT2D eigenvalue weighted by Gasteiger charge is 2.21. The van der Waals surface area contributed by atoms with E-state index in [1.807, 2.05) is 42.6 Å². The third-order valence-electron chi connectivity index (χ3n) is 4.40. The predicted octanol–water partition coefficient (Wildman–Crippen LogP) is 5.56. The number of nitrogens with one attached hydrogen (secondary N) is 1. The highest BCUT2D eigenvalue weighted by Crippen LogP contribution is 2.31. The van der Waals surface area contributed by atoms with Gasteiger partial charge >= 0.3 is 0 Å². The van der Waals surface area contributed by atoms with Gasteiger partial charge in [0.25, 0.3) is 0 Å². The van der Waals surface area contributed by atoms with Gasteiger partial charge in [-0.15, -0.1) is 21.5 Å². The number of carbonyl (C=O) groups excluding carboxylic acids is 1. The zero-order valence-corrected chi connectivity index (χ0v) is 19.6. The van der Waals surface area contributed by atoms with Gasteiger partial charge in [0.15, 0.2) is 9.47 Å². The molecule has 0 aliphatic rings. The first-order chi connectivity index (χ1) is 15.6. The molecule has 0 aliphatic heterocycles. The van der Waals surface area contributed by atoms with E-state index in [-0.39, 0.29) is 17.5 Å². The van der Waals surface area contributed by atoms with Crippen LogP contribution in [-0.2, 0) is 11.3 Å². The molecule has 4 aromatic rings. The van der Waals surface area contributed by atoms with E-state index in [0.29, 0.717) is 17.4 Å². The summed E-state index contributed by atoms with van der Waals surface area (Å²) >= 11 is 4.18. The second-order valence-electron chi connectivity index (χ2n) is 6.68. The van der Waals surface area contributed by atoms with Crippen molar-refractivity contribution >= 4 is 50.6 Å². The number of rotatable bonds is 9. The summed E-state index contributed by atoms with van der Waals surface area (Å²) < 4.78 is 14.0. The van der Waals surface area contributed by atoms with Crippen molar-refractivity contribution < 1.29 is 9.18 Å². The first kappa shape index (κ1) is 22.4. The first-order valence-electron chi connectivity index (χ1n) is 9.88. The molecule has 2 heterocycles. The Morgan fingerprint density at radius 3 is 2.66 bits per heavy atom. The smallest absolute Gasteiger partial charge is 0.239 e. The molecule has 0 aliphatic carbocycles. The van der Waals surface area contributed by atoms with E-state index >= 15 is 0 Å². The Morgan fingerprint density at radius 1 is 1.12 bits per heavy atom. The van der Waals surface area contributed by atoms with E-state index in [9.17, 15) is 9.18 Å². The normalized spacial score (nSPS) is 10.8. The van der Waals surface area contributed by atoms with Crippen LogP contribution in [0, 0.1) is 5.82 Å². The Kier molecular flexibility index (Phi) is 7.46. The maximum absolute atomic E-state index is 13.3. The topological polar surface area (TPSA) is 71.0 Å². The number of carbonyl (C=O) groups is 1. The van der Waals surface area contributed by atoms with Crippen LogP contribution in [0.25, 0.3) is 11.3 Å². The second-order valence-corrected chi connectivity index (χ2v) is 9.72. The molecule has 4 rings (SSSR count). The van der Waals surface area contributed by atoms with Crippen molar-refractivity contribution in [3.63, 3.8) is 0 Å². The van der Waals surface area contributed by atoms with Gasteiger partial charge in [-0.05, 0) is 36.8 Å². The van der Waals surface area contributed by atoms with Gasteiger partial charge in [-0.2, -0.15) is 0 Å². The lowest BCUT2D eigenvalue weighted by Gasteiger charge is -2.19. The number of thiazole rings is 1. The van der Waals surface area contributed by atoms with Crippen LogP contribution < -0.4 is 10.2 Å². The third-order valence-corrected chi connectivity index (χ3v) is 7.26. The maximum Gasteiger partial charge on any atom is 0.239 e. The van der Waals surface area contributed by atoms with E-state index in [4.69, 9.17) is 0 Å². The summed E-state index contributed by atoms with van der Waals surface area (Å²) in [5, 5.41) is 14.6. The first-order valence-corrected chi connectivity index (χ1v) is 12.6. The SMILES string of the molecule is CCNc1nnc(SCC(=O)N(Cc2ccccc2)c2nc(-c3ccc(F)cc3)cs2)s1. The van der Waals surface area contributed by atoms with E-state index in [1.165, 1.54) is 46.6 Å². The summed E-state index contributed by atoms with van der Waals surface area (Å²) in [4.78, 5) is 19.6. The van der Waals surface area contributed by atoms with Gasteiger partial charge in [-0.3, -0.25) is 9.69 Å². The average Bonchev–Trinajstić information content (AvgIpc) is 3.47. The molecule has 0 unspecified atom stereocenters. The fraction of sp³-hybridized carbons (Fsp3) is 0.182. The van der Waals surface area contributed by atoms with E-state index in [2.05, 4.69) is 20.5 Å². The molecule has 1 amide bonds. The molecule has 0 atom stereocenters. The average molecular weight is 486 g/mol. The summed E-state index contributed by atoms with van der Waals surface area (Å²) in [6.45, 7) is 3.17. The highest BCUT2D eigenvalue weighted by atomic mass is 32.2. The molecule has 2 aromatic carbocycles. The fourth-order valence-electron chi connectivity index (χ4n) is 2.86. The largest absolute Gasteiger partial charge is 0.360 e. The number of hydrogen-bond acceptors (Lipinski definition) is 8. The van der Waals surface area contributed by atoms with Crippen LogP contribution in [0.4, 0.5) is 14.7 Å². The summed E-state index contributed by atoms with van der Waals surface area (Å²) in [7, 11) is 0. The molecule has 0 saturated heterocycles. The van der Waals surface area contributed by atoms with Crippen molar-refractivity contribution in [2.75, 3.05) is 22.5 Å². The van der Waals surface area contributed by atoms with Crippen molar-refractivity contribution in [3.8, 4) is 11.3 Å². The van der Waals surface area contributed by atoms with E-state index in [0.717, 1.165) is 27.1 Å². The minimum Gasteiger partial charge on any atom is -0.360 e. The molecule has 6 nitrogen and oxygen atoms in total. The molecule has 164 valence electrons. The molecule has 0 spiro atoms. The van der Waals surface area contributed by atoms with Crippen LogP contribution in [-0.4, -0.2) is 33.4 Å². The molecule has 1 N–H and O–H groups in total. The van der Waals surface area contributed by atoms with Gasteiger partial charge in [-0.25, -0.2) is 9.37 Å². The number of anilines is 2. The summed E-state index contributed by atoms with van der Waals surface area (Å²) in [6.07, 6.45) is 0. The van der Waals surface area contributed by atoms with Gasteiger partial charge in [0.1, 0.15) is 5.82 Å². The summed E-state index contributed by atoms with van der Waals surface area (Å²) in [5.74, 6) is -0.144. The van der Waals surface area contributed by atoms with Crippen molar-refractivity contribution in [2.45, 2.75) is 17.8 Å². The summed E-state index contributed by atoms with van der Waals surface area (Å²) in [6, 6.07) is 16.0. The Hall–Kier alpha value is -2.82. The van der Waals surface area contributed by atoms with Gasteiger partial charge < -0.3 is 5.32 Å². The van der Waals surface area contributed by atoms with Crippen LogP contribution in [0.15, 0.2) is 64.3 Å². The molecule has 32 heavy (non-hydrogen) atoms. The Labute approximate surface area is 197 Å². The minimum atomic E-state index is -0.295. The van der Waals surface area contributed by atoms with E-state index < -0.39 is 0 Å². The molecule has 0 radical (unpaired) electrons. The number of benzene rings is 2. The maximum atomic E-state index is 13.3. The highest BCUT2D eigenvalue weighted by molar-refractivity contribution is 8.01. The predicted molar refractivity (Wildman–Crippen MR) is 130 cm³/mol. The van der Waals surface area contributed by atoms with Crippen LogP contribution in [0.1, 0.15) is 12.5 Å². The van der Waals surface area contributed by atoms with Crippen LogP contribution in [0.2, 0.25) is 0 Å². The van der Waals surface area contributed by atoms with Crippen LogP contribution in [0.5, 0.6) is 0 Å². The number of amides is 1. The third kappa shape index (κ3) is 5.70. The minimum absolute atomic E-state index is 0.0703. The molecule has 0 fully saturated rings. The Morgan fingerprint density at radius 2 is 1.91 bits per heavy atom. The van der Waals surface area contributed by atoms with Gasteiger partial charge in [0.05, 0.1) is 18.0 Å². The van der Waals surface area contributed by atoms with E-state index in [1.54, 1.807) is 17.0 Å². The lowest BCUT2D eigenvalue weighted by molar-refractivity contribution is -0.116. The van der Waals surface area contributed by atoms with Crippen molar-refractivity contribution in [1.82, 2.24) is 15.2 Å². The molecule has 2 aromatic heterocycles. The fourth-order valence-corrected chi connectivity index (χ4v) is 5.41. The number of nitrogens with zero attached hydrogens (tertiary/aromatic N) is 4. The molecular formula is C22H20FN5OS3. The number of hydrogen-bond donors (Lipinski definition) is 1. The van der Waals surface area contributed by atoms with Crippen molar-refractivity contribution in [2.24, 2.45) is 0 Å². The quantitative estimate of drug-likeness (QED) is 0.313. The molecule has 0 saturated carbocycles. The lowest BCUT2D eigenvalue weighted by Crippen LogP contribution is -2.31. The zero-order chi connectivity index (χ0) is 22.3. The summed E-state index contributed by atoms with van der Waals surface area (Å²) in [5.41, 5.74) is 2.53. The number of halogens is 1. The standard InChI is InChI=1S/C22H20FN5OS3/c1-2-24-20-26-27-22(32-20)31-14-19(29)28(12-15-6-4-3-5-7-15)21-25-18(13-30-21)16-8-10-17(23)11-9-16/h3-11,13H,2,12,14H2,1H3,(H,24,26). The molecule has 10 heteroatoms. The Bertz CT molecular complexity index is 1160. The second kappa shape index (κ2) is 10.7. The van der Waals surface area contributed by atoms with Gasteiger partial charge in [0.2, 0.25) is 11.0 Å². The monoisotopic (exact) mass is 485 g/mol. The van der Waals surface area contributed by atoms with Crippen molar-refractivity contribution in [3.05, 3.63) is 71.4 Å². The Balaban J connectivity index is 1.53. The van der Waals surface area contributed by atoms with Crippen molar-refractivity contribution in [1.29, 1.82) is 0 Å². The zero-order valence-electron chi connectivity index (χ0n) is 17.2. The van der Waals surface area contributed by atoms with Gasteiger partial charge in [0, 0.05) is 17.5 Å². The number of thioether (sulfide) groups is 1. The van der Waals surface area contributed by atoms with Gasteiger partial charge in [-0.1, -0.05) is 53.4 Å². The number of aromatic nitrogens is 3. The van der Waals surface area contributed by atoms with Crippen LogP contribution >= 0.6 is 34.4 Å². The molecule has 0 bridgehead atoms. The molecular weight excluding hydrogens is 465 g/mol. The lowest BCUT2D eigenvalue weighted by atomic mass is 10.2.